The highest BCUT2D eigenvalue weighted by molar-refractivity contribution is 7.11. The van der Waals surface area contributed by atoms with E-state index in [1.165, 1.54) is 0 Å². The van der Waals surface area contributed by atoms with Crippen LogP contribution in [0, 0.1) is 6.92 Å². The van der Waals surface area contributed by atoms with E-state index in [0.717, 1.165) is 14.8 Å². The molecule has 2 aromatic rings. The molecule has 5 heteroatoms. The third-order valence-corrected chi connectivity index (χ3v) is 3.83. The molecule has 0 unspecified atom stereocenters. The number of thiophene rings is 1. The number of carbonyl (C=O) groups is 1. The van der Waals surface area contributed by atoms with Gasteiger partial charge in [0.15, 0.2) is 0 Å². The van der Waals surface area contributed by atoms with E-state index in [-0.39, 0.29) is 5.91 Å². The summed E-state index contributed by atoms with van der Waals surface area (Å²) in [6, 6.07) is 3.93. The number of hydrogen-bond donors (Lipinski definition) is 1. The fourth-order valence-electron chi connectivity index (χ4n) is 1.31. The fourth-order valence-corrected chi connectivity index (χ4v) is 2.74. The highest BCUT2D eigenvalue weighted by atomic mass is 32.1. The van der Waals surface area contributed by atoms with E-state index in [9.17, 15) is 4.79 Å². The van der Waals surface area contributed by atoms with Crippen molar-refractivity contribution in [3.05, 3.63) is 38.5 Å². The van der Waals surface area contributed by atoms with Crippen molar-refractivity contribution >= 4 is 28.6 Å². The first-order valence-electron chi connectivity index (χ1n) is 4.94. The summed E-state index contributed by atoms with van der Waals surface area (Å²) in [7, 11) is 0. The van der Waals surface area contributed by atoms with Crippen LogP contribution in [0.25, 0.3) is 0 Å². The van der Waals surface area contributed by atoms with Gasteiger partial charge in [0.05, 0.1) is 18.0 Å². The Bertz CT molecular complexity index is 462. The maximum absolute atomic E-state index is 11.6. The van der Waals surface area contributed by atoms with Gasteiger partial charge < -0.3 is 5.32 Å². The lowest BCUT2D eigenvalue weighted by atomic mass is 10.3. The SMILES string of the molecule is Cc1ncc(CNC(=O)Cc2cccs2)s1. The van der Waals surface area contributed by atoms with Crippen LogP contribution in [0.5, 0.6) is 0 Å². The molecule has 1 N–H and O–H groups in total. The van der Waals surface area contributed by atoms with Gasteiger partial charge in [0.2, 0.25) is 5.91 Å². The molecular formula is C11H12N2OS2. The lowest BCUT2D eigenvalue weighted by Gasteiger charge is -2.01. The summed E-state index contributed by atoms with van der Waals surface area (Å²) in [5.41, 5.74) is 0. The molecule has 84 valence electrons. The standard InChI is InChI=1S/C11H12N2OS2/c1-8-12-6-10(16-8)7-13-11(14)5-9-3-2-4-15-9/h2-4,6H,5,7H2,1H3,(H,13,14). The zero-order chi connectivity index (χ0) is 11.4. The molecule has 2 aromatic heterocycles. The molecule has 0 fully saturated rings. The lowest BCUT2D eigenvalue weighted by Crippen LogP contribution is -2.23. The Morgan fingerprint density at radius 1 is 1.50 bits per heavy atom. The minimum Gasteiger partial charge on any atom is -0.351 e. The summed E-state index contributed by atoms with van der Waals surface area (Å²) in [6.45, 7) is 2.54. The smallest absolute Gasteiger partial charge is 0.225 e. The molecule has 0 saturated heterocycles. The minimum atomic E-state index is 0.0634. The van der Waals surface area contributed by atoms with Crippen molar-refractivity contribution in [1.29, 1.82) is 0 Å². The molecular weight excluding hydrogens is 240 g/mol. The summed E-state index contributed by atoms with van der Waals surface area (Å²) >= 11 is 3.22. The molecule has 2 heterocycles. The topological polar surface area (TPSA) is 42.0 Å². The van der Waals surface area contributed by atoms with Crippen LogP contribution in [0.1, 0.15) is 14.8 Å². The van der Waals surface area contributed by atoms with E-state index in [1.807, 2.05) is 30.6 Å². The monoisotopic (exact) mass is 252 g/mol. The Kier molecular flexibility index (Phi) is 3.69. The van der Waals surface area contributed by atoms with E-state index < -0.39 is 0 Å². The molecule has 0 radical (unpaired) electrons. The van der Waals surface area contributed by atoms with Gasteiger partial charge in [-0.05, 0) is 18.4 Å². The number of carbonyl (C=O) groups excluding carboxylic acids is 1. The van der Waals surface area contributed by atoms with E-state index in [2.05, 4.69) is 10.3 Å². The van der Waals surface area contributed by atoms with Gasteiger partial charge in [-0.3, -0.25) is 4.79 Å². The molecule has 1 amide bonds. The first kappa shape index (κ1) is 11.3. The predicted octanol–water partition coefficient (Wildman–Crippen LogP) is 2.37. The van der Waals surface area contributed by atoms with Gasteiger partial charge in [0.1, 0.15) is 0 Å². The van der Waals surface area contributed by atoms with Gasteiger partial charge in [-0.15, -0.1) is 22.7 Å². The average molecular weight is 252 g/mol. The second-order valence-corrected chi connectivity index (χ2v) is 5.73. The molecule has 0 spiro atoms. The number of amides is 1. The van der Waals surface area contributed by atoms with Crippen molar-refractivity contribution in [3.8, 4) is 0 Å². The molecule has 2 rings (SSSR count). The van der Waals surface area contributed by atoms with Crippen LogP contribution in [-0.2, 0) is 17.8 Å². The summed E-state index contributed by atoms with van der Waals surface area (Å²) in [5.74, 6) is 0.0634. The van der Waals surface area contributed by atoms with Crippen molar-refractivity contribution in [2.75, 3.05) is 0 Å². The number of rotatable bonds is 4. The van der Waals surface area contributed by atoms with Gasteiger partial charge >= 0.3 is 0 Å². The summed E-state index contributed by atoms with van der Waals surface area (Å²) in [4.78, 5) is 17.9. The van der Waals surface area contributed by atoms with Gasteiger partial charge in [0.25, 0.3) is 0 Å². The second kappa shape index (κ2) is 5.23. The molecule has 0 bridgehead atoms. The first-order valence-corrected chi connectivity index (χ1v) is 6.64. The van der Waals surface area contributed by atoms with E-state index in [4.69, 9.17) is 0 Å². The van der Waals surface area contributed by atoms with Gasteiger partial charge in [0, 0.05) is 16.0 Å². The van der Waals surface area contributed by atoms with E-state index in [1.54, 1.807) is 22.7 Å². The first-order chi connectivity index (χ1) is 7.74. The summed E-state index contributed by atoms with van der Waals surface area (Å²) < 4.78 is 0. The van der Waals surface area contributed by atoms with Crippen molar-refractivity contribution in [2.24, 2.45) is 0 Å². The van der Waals surface area contributed by atoms with Crippen LogP contribution in [0.15, 0.2) is 23.7 Å². The normalized spacial score (nSPS) is 10.3. The Hall–Kier alpha value is -1.20. The van der Waals surface area contributed by atoms with Crippen LogP contribution in [0.4, 0.5) is 0 Å². The van der Waals surface area contributed by atoms with Crippen LogP contribution in [0.2, 0.25) is 0 Å². The lowest BCUT2D eigenvalue weighted by molar-refractivity contribution is -0.120. The Labute approximate surface area is 102 Å². The Balaban J connectivity index is 1.80. The summed E-state index contributed by atoms with van der Waals surface area (Å²) in [5, 5.41) is 5.90. The highest BCUT2D eigenvalue weighted by Crippen LogP contribution is 2.11. The molecule has 0 aliphatic rings. The summed E-state index contributed by atoms with van der Waals surface area (Å²) in [6.07, 6.45) is 2.28. The van der Waals surface area contributed by atoms with E-state index >= 15 is 0 Å². The molecule has 16 heavy (non-hydrogen) atoms. The van der Waals surface area contributed by atoms with Crippen LogP contribution in [-0.4, -0.2) is 10.9 Å². The van der Waals surface area contributed by atoms with Gasteiger partial charge in [-0.1, -0.05) is 6.07 Å². The second-order valence-electron chi connectivity index (χ2n) is 3.38. The van der Waals surface area contributed by atoms with Gasteiger partial charge in [-0.25, -0.2) is 4.98 Å². The number of hydrogen-bond acceptors (Lipinski definition) is 4. The fraction of sp³-hybridized carbons (Fsp3) is 0.273. The molecule has 0 aliphatic heterocycles. The maximum Gasteiger partial charge on any atom is 0.225 e. The molecule has 0 aliphatic carbocycles. The van der Waals surface area contributed by atoms with Crippen molar-refractivity contribution < 1.29 is 4.79 Å². The zero-order valence-corrected chi connectivity index (χ0v) is 10.5. The van der Waals surface area contributed by atoms with Crippen LogP contribution >= 0.6 is 22.7 Å². The highest BCUT2D eigenvalue weighted by Gasteiger charge is 2.05. The largest absolute Gasteiger partial charge is 0.351 e. The zero-order valence-electron chi connectivity index (χ0n) is 8.90. The Morgan fingerprint density at radius 2 is 2.38 bits per heavy atom. The number of aryl methyl sites for hydroxylation is 1. The van der Waals surface area contributed by atoms with Crippen LogP contribution < -0.4 is 5.32 Å². The number of nitrogens with zero attached hydrogens (tertiary/aromatic N) is 1. The average Bonchev–Trinajstić information content (AvgIpc) is 2.87. The van der Waals surface area contributed by atoms with Crippen molar-refractivity contribution in [1.82, 2.24) is 10.3 Å². The van der Waals surface area contributed by atoms with Crippen LogP contribution in [0.3, 0.4) is 0 Å². The molecule has 0 atom stereocenters. The van der Waals surface area contributed by atoms with Gasteiger partial charge in [-0.2, -0.15) is 0 Å². The van der Waals surface area contributed by atoms with Crippen molar-refractivity contribution in [3.63, 3.8) is 0 Å². The van der Waals surface area contributed by atoms with E-state index in [0.29, 0.717) is 13.0 Å². The minimum absolute atomic E-state index is 0.0634. The third-order valence-electron chi connectivity index (χ3n) is 2.04. The molecule has 3 nitrogen and oxygen atoms in total. The maximum atomic E-state index is 11.6. The molecule has 0 aromatic carbocycles. The Morgan fingerprint density at radius 3 is 3.00 bits per heavy atom. The quantitative estimate of drug-likeness (QED) is 0.907. The third kappa shape index (κ3) is 3.15. The molecule has 0 saturated carbocycles. The number of nitrogens with one attached hydrogen (secondary N) is 1. The van der Waals surface area contributed by atoms with Crippen molar-refractivity contribution in [2.45, 2.75) is 19.9 Å². The predicted molar refractivity (Wildman–Crippen MR) is 66.7 cm³/mol. The number of aromatic nitrogens is 1. The number of thiazole rings is 1.